The summed E-state index contributed by atoms with van der Waals surface area (Å²) >= 11 is 0. The number of halogens is 3. The van der Waals surface area contributed by atoms with Gasteiger partial charge in [-0.05, 0) is 12.8 Å². The van der Waals surface area contributed by atoms with Crippen molar-refractivity contribution < 1.29 is 23.0 Å². The Bertz CT molecular complexity index is 273. The van der Waals surface area contributed by atoms with Crippen LogP contribution < -0.4 is 0 Å². The van der Waals surface area contributed by atoms with Crippen LogP contribution in [0, 0.1) is 0 Å². The summed E-state index contributed by atoms with van der Waals surface area (Å²) in [6.45, 7) is 2.99. The molecule has 2 saturated heterocycles. The van der Waals surface area contributed by atoms with Gasteiger partial charge in [-0.2, -0.15) is 13.2 Å². The SMILES string of the molecule is C=C(C(F)(F)F)C1(O)CC2CCC(C1)O2. The number of rotatable bonds is 1. The van der Waals surface area contributed by atoms with Crippen LogP contribution in [-0.2, 0) is 4.74 Å². The van der Waals surface area contributed by atoms with E-state index in [0.29, 0.717) is 0 Å². The van der Waals surface area contributed by atoms with Crippen LogP contribution in [-0.4, -0.2) is 29.1 Å². The van der Waals surface area contributed by atoms with Gasteiger partial charge in [0.2, 0.25) is 0 Å². The zero-order chi connectivity index (χ0) is 11.3. The van der Waals surface area contributed by atoms with Crippen molar-refractivity contribution >= 4 is 0 Å². The fraction of sp³-hybridized carbons (Fsp3) is 0.800. The first kappa shape index (κ1) is 11.0. The number of ether oxygens (including phenoxy) is 1. The third-order valence-electron chi connectivity index (χ3n) is 3.23. The van der Waals surface area contributed by atoms with Crippen LogP contribution in [0.3, 0.4) is 0 Å². The van der Waals surface area contributed by atoms with Gasteiger partial charge in [0.1, 0.15) is 0 Å². The fourth-order valence-corrected chi connectivity index (χ4v) is 2.43. The Labute approximate surface area is 85.7 Å². The first-order valence-electron chi connectivity index (χ1n) is 4.96. The molecule has 0 aromatic carbocycles. The number of alkyl halides is 3. The zero-order valence-corrected chi connectivity index (χ0v) is 8.18. The van der Waals surface area contributed by atoms with Crippen LogP contribution >= 0.6 is 0 Å². The normalized spacial score (nSPS) is 40.5. The van der Waals surface area contributed by atoms with E-state index < -0.39 is 17.4 Å². The second-order valence-electron chi connectivity index (χ2n) is 4.37. The smallest absolute Gasteiger partial charge is 0.385 e. The molecule has 2 nitrogen and oxygen atoms in total. The van der Waals surface area contributed by atoms with Crippen molar-refractivity contribution in [3.05, 3.63) is 12.2 Å². The van der Waals surface area contributed by atoms with E-state index in [1.54, 1.807) is 0 Å². The van der Waals surface area contributed by atoms with Crippen molar-refractivity contribution in [2.45, 2.75) is 49.7 Å². The molecule has 0 radical (unpaired) electrons. The Morgan fingerprint density at radius 1 is 1.27 bits per heavy atom. The zero-order valence-electron chi connectivity index (χ0n) is 8.18. The van der Waals surface area contributed by atoms with E-state index in [1.807, 2.05) is 0 Å². The molecule has 2 unspecified atom stereocenters. The summed E-state index contributed by atoms with van der Waals surface area (Å²) in [7, 11) is 0. The number of fused-ring (bicyclic) bond motifs is 2. The molecule has 2 bridgehead atoms. The summed E-state index contributed by atoms with van der Waals surface area (Å²) in [5.74, 6) is 0. The standard InChI is InChI=1S/C10H13F3O2/c1-6(10(11,12)13)9(14)4-7-2-3-8(5-9)15-7/h7-8,14H,1-5H2. The van der Waals surface area contributed by atoms with E-state index in [9.17, 15) is 18.3 Å². The monoisotopic (exact) mass is 222 g/mol. The molecule has 2 heterocycles. The lowest BCUT2D eigenvalue weighted by Crippen LogP contribution is -2.46. The van der Waals surface area contributed by atoms with E-state index in [4.69, 9.17) is 4.74 Å². The Hall–Kier alpha value is -0.550. The van der Waals surface area contributed by atoms with Gasteiger partial charge in [-0.25, -0.2) is 0 Å². The predicted octanol–water partition coefficient (Wildman–Crippen LogP) is 2.18. The average Bonchev–Trinajstić information content (AvgIpc) is 2.43. The third-order valence-corrected chi connectivity index (χ3v) is 3.23. The van der Waals surface area contributed by atoms with Gasteiger partial charge in [0.05, 0.1) is 23.4 Å². The lowest BCUT2D eigenvalue weighted by Gasteiger charge is -2.38. The minimum atomic E-state index is -4.52. The first-order valence-corrected chi connectivity index (χ1v) is 4.96. The maximum atomic E-state index is 12.5. The molecular weight excluding hydrogens is 209 g/mol. The molecule has 1 N–H and O–H groups in total. The van der Waals surface area contributed by atoms with Gasteiger partial charge >= 0.3 is 6.18 Å². The van der Waals surface area contributed by atoms with Gasteiger partial charge in [-0.15, -0.1) is 0 Å². The fourth-order valence-electron chi connectivity index (χ4n) is 2.43. The Balaban J connectivity index is 2.17. The molecule has 0 saturated carbocycles. The highest BCUT2D eigenvalue weighted by Crippen LogP contribution is 2.45. The molecule has 0 amide bonds. The van der Waals surface area contributed by atoms with Crippen molar-refractivity contribution in [3.63, 3.8) is 0 Å². The summed E-state index contributed by atoms with van der Waals surface area (Å²) in [4.78, 5) is 0. The van der Waals surface area contributed by atoms with Gasteiger partial charge in [0.25, 0.3) is 0 Å². The van der Waals surface area contributed by atoms with Crippen LogP contribution in [0.2, 0.25) is 0 Å². The maximum absolute atomic E-state index is 12.5. The van der Waals surface area contributed by atoms with E-state index in [0.717, 1.165) is 12.8 Å². The Morgan fingerprint density at radius 2 is 1.73 bits per heavy atom. The van der Waals surface area contributed by atoms with Crippen molar-refractivity contribution in [1.29, 1.82) is 0 Å². The highest BCUT2D eigenvalue weighted by atomic mass is 19.4. The van der Waals surface area contributed by atoms with E-state index in [-0.39, 0.29) is 25.0 Å². The summed E-state index contributed by atoms with van der Waals surface area (Å²) in [5.41, 5.74) is -2.85. The lowest BCUT2D eigenvalue weighted by molar-refractivity contribution is -0.150. The molecule has 2 aliphatic rings. The molecule has 0 spiro atoms. The van der Waals surface area contributed by atoms with Crippen LogP contribution in [0.15, 0.2) is 12.2 Å². The van der Waals surface area contributed by atoms with Gasteiger partial charge in [0, 0.05) is 12.8 Å². The van der Waals surface area contributed by atoms with E-state index in [2.05, 4.69) is 6.58 Å². The van der Waals surface area contributed by atoms with Crippen molar-refractivity contribution in [3.8, 4) is 0 Å². The molecule has 0 aromatic heterocycles. The summed E-state index contributed by atoms with van der Waals surface area (Å²) < 4.78 is 42.7. The molecule has 0 aromatic rings. The molecule has 2 rings (SSSR count). The Kier molecular flexibility index (Phi) is 2.35. The largest absolute Gasteiger partial charge is 0.414 e. The quantitative estimate of drug-likeness (QED) is 0.689. The highest BCUT2D eigenvalue weighted by molar-refractivity contribution is 5.21. The Morgan fingerprint density at radius 3 is 2.13 bits per heavy atom. The first-order chi connectivity index (χ1) is 6.81. The van der Waals surface area contributed by atoms with Crippen LogP contribution in [0.25, 0.3) is 0 Å². The van der Waals surface area contributed by atoms with Gasteiger partial charge in [-0.3, -0.25) is 0 Å². The van der Waals surface area contributed by atoms with Crippen LogP contribution in [0.5, 0.6) is 0 Å². The topological polar surface area (TPSA) is 29.5 Å². The summed E-state index contributed by atoms with van der Waals surface area (Å²) in [6, 6.07) is 0. The van der Waals surface area contributed by atoms with Crippen molar-refractivity contribution in [2.75, 3.05) is 0 Å². The molecule has 0 aliphatic carbocycles. The van der Waals surface area contributed by atoms with E-state index in [1.165, 1.54) is 0 Å². The molecule has 5 heteroatoms. The highest BCUT2D eigenvalue weighted by Gasteiger charge is 2.52. The third kappa shape index (κ3) is 1.90. The van der Waals surface area contributed by atoms with Crippen molar-refractivity contribution in [2.24, 2.45) is 0 Å². The average molecular weight is 222 g/mol. The van der Waals surface area contributed by atoms with Crippen LogP contribution in [0.4, 0.5) is 13.2 Å². The predicted molar refractivity (Wildman–Crippen MR) is 47.3 cm³/mol. The molecule has 2 aliphatic heterocycles. The number of aliphatic hydroxyl groups is 1. The summed E-state index contributed by atoms with van der Waals surface area (Å²) in [6.07, 6.45) is -3.51. The maximum Gasteiger partial charge on any atom is 0.414 e. The van der Waals surface area contributed by atoms with Gasteiger partial charge < -0.3 is 9.84 Å². The lowest BCUT2D eigenvalue weighted by atomic mass is 9.83. The minimum Gasteiger partial charge on any atom is -0.385 e. The molecule has 2 fully saturated rings. The number of hydrogen-bond donors (Lipinski definition) is 1. The van der Waals surface area contributed by atoms with Crippen molar-refractivity contribution in [1.82, 2.24) is 0 Å². The summed E-state index contributed by atoms with van der Waals surface area (Å²) in [5, 5.41) is 9.96. The van der Waals surface area contributed by atoms with Crippen LogP contribution in [0.1, 0.15) is 25.7 Å². The second kappa shape index (κ2) is 3.22. The number of hydrogen-bond acceptors (Lipinski definition) is 2. The molecular formula is C10H13F3O2. The molecule has 15 heavy (non-hydrogen) atoms. The van der Waals surface area contributed by atoms with Gasteiger partial charge in [-0.1, -0.05) is 6.58 Å². The molecule has 86 valence electrons. The van der Waals surface area contributed by atoms with E-state index >= 15 is 0 Å². The molecule has 2 atom stereocenters. The minimum absolute atomic E-state index is 0.0157. The van der Waals surface area contributed by atoms with Gasteiger partial charge in [0.15, 0.2) is 0 Å². The second-order valence-corrected chi connectivity index (χ2v) is 4.37.